The summed E-state index contributed by atoms with van der Waals surface area (Å²) >= 11 is 0. The van der Waals surface area contributed by atoms with Gasteiger partial charge in [0.15, 0.2) is 0 Å². The van der Waals surface area contributed by atoms with Crippen molar-refractivity contribution in [2.24, 2.45) is 11.8 Å². The highest BCUT2D eigenvalue weighted by molar-refractivity contribution is 4.64. The molecule has 2 N–H and O–H groups in total. The third-order valence-electron chi connectivity index (χ3n) is 10.2. The Morgan fingerprint density at radius 2 is 0.500 bits per heavy atom. The quantitative estimate of drug-likeness (QED) is 0.346. The molecule has 4 bridgehead atoms. The second-order valence-electron chi connectivity index (χ2n) is 13.6. The maximum Gasteiger partial charge on any atom is 0.0799 e. The highest BCUT2D eigenvalue weighted by Crippen LogP contribution is 2.19. The molecule has 0 spiro atoms. The van der Waals surface area contributed by atoms with Crippen molar-refractivity contribution in [1.29, 1.82) is 0 Å². The molecular formula is C34H68N2+2. The number of fused-ring (bicyclic) bond motifs is 4. The van der Waals surface area contributed by atoms with E-state index in [1.807, 2.05) is 9.80 Å². The number of hydrogen-bond acceptors (Lipinski definition) is 0. The summed E-state index contributed by atoms with van der Waals surface area (Å²) < 4.78 is 0. The van der Waals surface area contributed by atoms with Gasteiger partial charge in [0.25, 0.3) is 0 Å². The predicted molar refractivity (Wildman–Crippen MR) is 158 cm³/mol. The van der Waals surface area contributed by atoms with Crippen molar-refractivity contribution in [3.05, 3.63) is 0 Å². The van der Waals surface area contributed by atoms with E-state index in [-0.39, 0.29) is 0 Å². The van der Waals surface area contributed by atoms with Gasteiger partial charge in [0.1, 0.15) is 0 Å². The molecule has 0 aromatic heterocycles. The van der Waals surface area contributed by atoms with Gasteiger partial charge in [-0.25, -0.2) is 0 Å². The fourth-order valence-electron chi connectivity index (χ4n) is 7.90. The second kappa shape index (κ2) is 20.8. The number of quaternary nitrogens is 2. The molecule has 4 atom stereocenters. The van der Waals surface area contributed by atoms with Crippen LogP contribution in [0.3, 0.4) is 0 Å². The van der Waals surface area contributed by atoms with Crippen LogP contribution in [0.25, 0.3) is 0 Å². The first-order valence-electron chi connectivity index (χ1n) is 17.6. The summed E-state index contributed by atoms with van der Waals surface area (Å²) in [5.41, 5.74) is 0. The van der Waals surface area contributed by atoms with Crippen molar-refractivity contribution in [2.45, 2.75) is 167 Å². The molecule has 2 heteroatoms. The molecule has 36 heavy (non-hydrogen) atoms. The average molecular weight is 505 g/mol. The number of rotatable bonds is 0. The first kappa shape index (κ1) is 30.5. The molecule has 3 aliphatic rings. The van der Waals surface area contributed by atoms with Gasteiger partial charge in [-0.1, -0.05) is 103 Å². The minimum absolute atomic E-state index is 1.05. The smallest absolute Gasteiger partial charge is 0.0799 e. The zero-order valence-electron chi connectivity index (χ0n) is 24.8. The third kappa shape index (κ3) is 14.8. The highest BCUT2D eigenvalue weighted by atomic mass is 15.1. The molecule has 3 rings (SSSR count). The minimum atomic E-state index is 1.05. The summed E-state index contributed by atoms with van der Waals surface area (Å²) in [6.07, 6.45) is 39.1. The van der Waals surface area contributed by atoms with E-state index in [0.29, 0.717) is 0 Å². The highest BCUT2D eigenvalue weighted by Gasteiger charge is 2.23. The van der Waals surface area contributed by atoms with Crippen LogP contribution in [0.2, 0.25) is 0 Å². The van der Waals surface area contributed by atoms with Crippen molar-refractivity contribution in [1.82, 2.24) is 0 Å². The molecule has 0 saturated carbocycles. The van der Waals surface area contributed by atoms with Crippen molar-refractivity contribution in [2.75, 3.05) is 39.3 Å². The van der Waals surface area contributed by atoms with E-state index in [1.165, 1.54) is 206 Å². The summed E-state index contributed by atoms with van der Waals surface area (Å²) in [6.45, 7) is 8.88. The van der Waals surface area contributed by atoms with Crippen molar-refractivity contribution in [3.8, 4) is 0 Å². The largest absolute Gasteiger partial charge is 0.335 e. The van der Waals surface area contributed by atoms with Crippen LogP contribution in [0.5, 0.6) is 0 Å². The minimum Gasteiger partial charge on any atom is -0.335 e. The number of hydrogen-bond donors (Lipinski definition) is 2. The standard InChI is InChI=1S/C34H66N2/c1-3-7-11-15-19-27-35-29-22-26-34(32-35)24-18-14-10-6-2-4-8-12-16-20-28-36-30-21-25-33(31-36)23-17-13-9-5-1/h33-34H,1-32H2/p+2. The maximum atomic E-state index is 1.95. The van der Waals surface area contributed by atoms with E-state index >= 15 is 0 Å². The van der Waals surface area contributed by atoms with E-state index < -0.39 is 0 Å². The molecule has 0 radical (unpaired) electrons. The predicted octanol–water partition coefficient (Wildman–Crippen LogP) is 7.17. The van der Waals surface area contributed by atoms with Crippen molar-refractivity contribution in [3.63, 3.8) is 0 Å². The molecule has 3 aliphatic heterocycles. The zero-order valence-corrected chi connectivity index (χ0v) is 24.8. The lowest BCUT2D eigenvalue weighted by Gasteiger charge is -2.30. The molecular weight excluding hydrogens is 436 g/mol. The molecule has 0 aliphatic carbocycles. The van der Waals surface area contributed by atoms with E-state index in [4.69, 9.17) is 0 Å². The van der Waals surface area contributed by atoms with Crippen molar-refractivity contribution < 1.29 is 9.80 Å². The average Bonchev–Trinajstić information content (AvgIpc) is 2.90. The first-order valence-corrected chi connectivity index (χ1v) is 17.6. The van der Waals surface area contributed by atoms with Crippen molar-refractivity contribution >= 4 is 0 Å². The van der Waals surface area contributed by atoms with Gasteiger partial charge in [-0.15, -0.1) is 0 Å². The lowest BCUT2D eigenvalue weighted by Crippen LogP contribution is -3.13. The van der Waals surface area contributed by atoms with Crippen LogP contribution in [0.15, 0.2) is 0 Å². The first-order chi connectivity index (χ1) is 17.9. The Morgan fingerprint density at radius 1 is 0.250 bits per heavy atom. The van der Waals surface area contributed by atoms with Gasteiger partial charge in [0.2, 0.25) is 0 Å². The second-order valence-corrected chi connectivity index (χ2v) is 13.6. The number of nitrogens with one attached hydrogen (secondary N) is 2. The Hall–Kier alpha value is -0.0800. The molecule has 3 heterocycles. The van der Waals surface area contributed by atoms with Gasteiger partial charge in [-0.05, 0) is 64.2 Å². The van der Waals surface area contributed by atoms with E-state index in [9.17, 15) is 0 Å². The van der Waals surface area contributed by atoms with Crippen LogP contribution >= 0.6 is 0 Å². The summed E-state index contributed by atoms with van der Waals surface area (Å²) in [5.74, 6) is 2.10. The van der Waals surface area contributed by atoms with Crippen LogP contribution < -0.4 is 9.80 Å². The molecule has 3 saturated heterocycles. The van der Waals surface area contributed by atoms with Gasteiger partial charge < -0.3 is 9.80 Å². The van der Waals surface area contributed by atoms with Gasteiger partial charge in [0.05, 0.1) is 39.3 Å². The van der Waals surface area contributed by atoms with E-state index in [2.05, 4.69) is 0 Å². The molecule has 0 amide bonds. The zero-order chi connectivity index (χ0) is 24.9. The lowest BCUT2D eigenvalue weighted by atomic mass is 9.91. The molecule has 4 unspecified atom stereocenters. The summed E-state index contributed by atoms with van der Waals surface area (Å²) in [7, 11) is 0. The lowest BCUT2D eigenvalue weighted by molar-refractivity contribution is -0.909. The SMILES string of the molecule is C1CCCCCC[NH+]2CCCC(CCCCCCCCCCCC[NH+]3CCCC(CCCCC1)C3)C2. The van der Waals surface area contributed by atoms with Gasteiger partial charge in [-0.3, -0.25) is 0 Å². The fraction of sp³-hybridized carbons (Fsp3) is 1.00. The number of piperidine rings is 2. The van der Waals surface area contributed by atoms with E-state index in [0.717, 1.165) is 11.8 Å². The van der Waals surface area contributed by atoms with Crippen LogP contribution in [-0.2, 0) is 0 Å². The topological polar surface area (TPSA) is 8.88 Å². The van der Waals surface area contributed by atoms with Gasteiger partial charge >= 0.3 is 0 Å². The summed E-state index contributed by atoms with van der Waals surface area (Å²) in [4.78, 5) is 3.90. The van der Waals surface area contributed by atoms with Gasteiger partial charge in [0, 0.05) is 11.8 Å². The molecule has 212 valence electrons. The Kier molecular flexibility index (Phi) is 17.6. The third-order valence-corrected chi connectivity index (χ3v) is 10.2. The monoisotopic (exact) mass is 505 g/mol. The summed E-state index contributed by atoms with van der Waals surface area (Å²) in [5, 5.41) is 0. The Bertz CT molecular complexity index is 408. The van der Waals surface area contributed by atoms with Crippen LogP contribution in [0, 0.1) is 11.8 Å². The fourth-order valence-corrected chi connectivity index (χ4v) is 7.90. The molecule has 2 nitrogen and oxygen atoms in total. The Balaban J connectivity index is 1.29. The van der Waals surface area contributed by atoms with Crippen LogP contribution in [0.1, 0.15) is 167 Å². The Morgan fingerprint density at radius 3 is 0.861 bits per heavy atom. The normalized spacial score (nSPS) is 33.3. The Labute approximate surface area is 227 Å². The molecule has 0 aromatic carbocycles. The molecule has 0 aromatic rings. The van der Waals surface area contributed by atoms with Crippen LogP contribution in [-0.4, -0.2) is 39.3 Å². The molecule has 3 fully saturated rings. The van der Waals surface area contributed by atoms with E-state index in [1.54, 1.807) is 0 Å². The maximum absolute atomic E-state index is 1.95. The summed E-state index contributed by atoms with van der Waals surface area (Å²) in [6, 6.07) is 0. The van der Waals surface area contributed by atoms with Gasteiger partial charge in [-0.2, -0.15) is 0 Å². The van der Waals surface area contributed by atoms with Crippen LogP contribution in [0.4, 0.5) is 0 Å².